The van der Waals surface area contributed by atoms with Crippen molar-refractivity contribution in [2.45, 2.75) is 38.8 Å². The van der Waals surface area contributed by atoms with Crippen LogP contribution in [0.15, 0.2) is 59.2 Å². The summed E-state index contributed by atoms with van der Waals surface area (Å²) in [6.07, 6.45) is 1.26. The van der Waals surface area contributed by atoms with Crippen molar-refractivity contribution >= 4 is 44.8 Å². The van der Waals surface area contributed by atoms with Crippen LogP contribution in [0.1, 0.15) is 36.7 Å². The van der Waals surface area contributed by atoms with E-state index in [2.05, 4.69) is 21.2 Å². The van der Waals surface area contributed by atoms with Crippen molar-refractivity contribution in [3.05, 3.63) is 70.3 Å². The smallest absolute Gasteiger partial charge is 0.419 e. The first-order chi connectivity index (χ1) is 15.1. The van der Waals surface area contributed by atoms with Gasteiger partial charge in [-0.25, -0.2) is 9.59 Å². The van der Waals surface area contributed by atoms with Crippen LogP contribution in [0.3, 0.4) is 0 Å². The Morgan fingerprint density at radius 2 is 1.72 bits per heavy atom. The van der Waals surface area contributed by atoms with Crippen molar-refractivity contribution in [1.29, 1.82) is 0 Å². The number of carbonyl (C=O) groups is 3. The summed E-state index contributed by atoms with van der Waals surface area (Å²) in [6, 6.07) is 13.2. The fourth-order valence-electron chi connectivity index (χ4n) is 3.27. The number of rotatable bonds is 5. The SMILES string of the molecule is COC(=O)C(Cc1cn(C(=O)OC(C)(C)C)c2ccccc12)NC(=O)c1ccc(Br)cc1. The summed E-state index contributed by atoms with van der Waals surface area (Å²) in [7, 11) is 1.27. The Hall–Kier alpha value is -3.13. The van der Waals surface area contributed by atoms with Gasteiger partial charge in [0.05, 0.1) is 12.6 Å². The molecule has 1 amide bonds. The normalized spacial score (nSPS) is 12.3. The summed E-state index contributed by atoms with van der Waals surface area (Å²) in [5, 5.41) is 3.52. The van der Waals surface area contributed by atoms with E-state index in [9.17, 15) is 14.4 Å². The Kier molecular flexibility index (Phi) is 7.03. The molecule has 0 spiro atoms. The van der Waals surface area contributed by atoms with E-state index in [0.717, 1.165) is 9.86 Å². The molecule has 1 atom stereocenters. The third-order valence-electron chi connectivity index (χ3n) is 4.71. The van der Waals surface area contributed by atoms with Gasteiger partial charge in [-0.2, -0.15) is 0 Å². The maximum Gasteiger partial charge on any atom is 0.419 e. The van der Waals surface area contributed by atoms with E-state index in [1.165, 1.54) is 11.7 Å². The number of benzene rings is 2. The molecule has 1 N–H and O–H groups in total. The molecule has 0 radical (unpaired) electrons. The first-order valence-corrected chi connectivity index (χ1v) is 10.8. The molecule has 0 saturated heterocycles. The molecule has 0 fully saturated rings. The van der Waals surface area contributed by atoms with Crippen LogP contribution < -0.4 is 5.32 Å². The Bertz CT molecular complexity index is 1150. The number of hydrogen-bond acceptors (Lipinski definition) is 5. The fourth-order valence-corrected chi connectivity index (χ4v) is 3.54. The van der Waals surface area contributed by atoms with Crippen LogP contribution >= 0.6 is 15.9 Å². The van der Waals surface area contributed by atoms with Gasteiger partial charge in [0.2, 0.25) is 0 Å². The maximum absolute atomic E-state index is 12.7. The number of amides is 1. The van der Waals surface area contributed by atoms with Gasteiger partial charge < -0.3 is 14.8 Å². The third kappa shape index (κ3) is 5.56. The van der Waals surface area contributed by atoms with E-state index in [1.807, 2.05) is 18.2 Å². The minimum atomic E-state index is -0.936. The van der Waals surface area contributed by atoms with Crippen LogP contribution in [0.25, 0.3) is 10.9 Å². The number of nitrogens with one attached hydrogen (secondary N) is 1. The third-order valence-corrected chi connectivity index (χ3v) is 5.23. The molecular weight excluding hydrogens is 476 g/mol. The van der Waals surface area contributed by atoms with Crippen molar-refractivity contribution < 1.29 is 23.9 Å². The summed E-state index contributed by atoms with van der Waals surface area (Å²) < 4.78 is 12.7. The largest absolute Gasteiger partial charge is 0.467 e. The molecule has 32 heavy (non-hydrogen) atoms. The minimum Gasteiger partial charge on any atom is -0.467 e. The number of esters is 1. The second-order valence-electron chi connectivity index (χ2n) is 8.28. The summed E-state index contributed by atoms with van der Waals surface area (Å²) in [5.74, 6) is -0.978. The van der Waals surface area contributed by atoms with E-state index in [-0.39, 0.29) is 6.42 Å². The second-order valence-corrected chi connectivity index (χ2v) is 9.20. The first-order valence-electron chi connectivity index (χ1n) is 10.1. The number of fused-ring (bicyclic) bond motifs is 1. The standard InChI is InChI=1S/C24H25BrN2O5/c1-24(2,3)32-23(30)27-14-16(18-7-5-6-8-20(18)27)13-19(22(29)31-4)26-21(28)15-9-11-17(25)12-10-15/h5-12,14,19H,13H2,1-4H3,(H,26,28). The van der Waals surface area contributed by atoms with Crippen molar-refractivity contribution in [1.82, 2.24) is 9.88 Å². The van der Waals surface area contributed by atoms with Gasteiger partial charge in [-0.15, -0.1) is 0 Å². The highest BCUT2D eigenvalue weighted by Crippen LogP contribution is 2.24. The maximum atomic E-state index is 12.7. The number of nitrogens with zero attached hydrogens (tertiary/aromatic N) is 1. The molecule has 0 aliphatic rings. The van der Waals surface area contributed by atoms with E-state index >= 15 is 0 Å². The molecule has 2 aromatic carbocycles. The van der Waals surface area contributed by atoms with Gasteiger partial charge in [-0.1, -0.05) is 34.1 Å². The molecule has 3 rings (SSSR count). The number of aromatic nitrogens is 1. The lowest BCUT2D eigenvalue weighted by Crippen LogP contribution is -2.43. The highest BCUT2D eigenvalue weighted by molar-refractivity contribution is 9.10. The molecule has 8 heteroatoms. The Balaban J connectivity index is 1.92. The zero-order valence-corrected chi connectivity index (χ0v) is 19.9. The second kappa shape index (κ2) is 9.56. The van der Waals surface area contributed by atoms with Gasteiger partial charge in [0.1, 0.15) is 11.6 Å². The van der Waals surface area contributed by atoms with E-state index in [1.54, 1.807) is 57.3 Å². The van der Waals surface area contributed by atoms with E-state index in [4.69, 9.17) is 9.47 Å². The van der Waals surface area contributed by atoms with E-state index in [0.29, 0.717) is 16.6 Å². The average Bonchev–Trinajstić information content (AvgIpc) is 3.10. The van der Waals surface area contributed by atoms with Crippen LogP contribution in [-0.2, 0) is 20.7 Å². The molecule has 168 valence electrons. The highest BCUT2D eigenvalue weighted by Gasteiger charge is 2.26. The molecule has 0 saturated carbocycles. The lowest BCUT2D eigenvalue weighted by atomic mass is 10.0. The number of para-hydroxylation sites is 1. The van der Waals surface area contributed by atoms with Crippen molar-refractivity contribution in [2.24, 2.45) is 0 Å². The Morgan fingerprint density at radius 3 is 2.34 bits per heavy atom. The zero-order valence-electron chi connectivity index (χ0n) is 18.3. The molecule has 1 heterocycles. The number of ether oxygens (including phenoxy) is 2. The quantitative estimate of drug-likeness (QED) is 0.513. The summed E-state index contributed by atoms with van der Waals surface area (Å²) in [6.45, 7) is 5.38. The van der Waals surface area contributed by atoms with Gasteiger partial charge in [-0.05, 0) is 56.7 Å². The van der Waals surface area contributed by atoms with Crippen LogP contribution in [0.5, 0.6) is 0 Å². The van der Waals surface area contributed by atoms with Crippen molar-refractivity contribution in [3.63, 3.8) is 0 Å². The topological polar surface area (TPSA) is 86.6 Å². The van der Waals surface area contributed by atoms with E-state index < -0.39 is 29.6 Å². The molecule has 3 aromatic rings. The Morgan fingerprint density at radius 1 is 1.06 bits per heavy atom. The number of hydrogen-bond donors (Lipinski definition) is 1. The van der Waals surface area contributed by atoms with Crippen LogP contribution in [0.2, 0.25) is 0 Å². The van der Waals surface area contributed by atoms with Gasteiger partial charge in [0.25, 0.3) is 5.91 Å². The van der Waals surface area contributed by atoms with Crippen LogP contribution in [0, 0.1) is 0 Å². The summed E-state index contributed by atoms with van der Waals surface area (Å²) in [4.78, 5) is 37.9. The fraction of sp³-hybridized carbons (Fsp3) is 0.292. The van der Waals surface area contributed by atoms with Crippen molar-refractivity contribution in [2.75, 3.05) is 7.11 Å². The Labute approximate surface area is 194 Å². The first kappa shape index (κ1) is 23.5. The molecule has 7 nitrogen and oxygen atoms in total. The monoisotopic (exact) mass is 500 g/mol. The van der Waals surface area contributed by atoms with Gasteiger partial charge in [-0.3, -0.25) is 9.36 Å². The van der Waals surface area contributed by atoms with Gasteiger partial charge in [0.15, 0.2) is 0 Å². The molecule has 1 aromatic heterocycles. The van der Waals surface area contributed by atoms with Crippen LogP contribution in [-0.4, -0.2) is 41.3 Å². The molecule has 1 unspecified atom stereocenters. The number of carbonyl (C=O) groups excluding carboxylic acids is 3. The highest BCUT2D eigenvalue weighted by atomic mass is 79.9. The predicted octanol–water partition coefficient (Wildman–Crippen LogP) is 4.70. The van der Waals surface area contributed by atoms with Gasteiger partial charge >= 0.3 is 12.1 Å². The minimum absolute atomic E-state index is 0.144. The number of methoxy groups -OCH3 is 1. The molecule has 0 aliphatic carbocycles. The summed E-state index contributed by atoms with van der Waals surface area (Å²) >= 11 is 3.33. The zero-order chi connectivity index (χ0) is 23.5. The average molecular weight is 501 g/mol. The van der Waals surface area contributed by atoms with Gasteiger partial charge in [0, 0.05) is 28.0 Å². The van der Waals surface area contributed by atoms with Crippen molar-refractivity contribution in [3.8, 4) is 0 Å². The lowest BCUT2D eigenvalue weighted by Gasteiger charge is -2.19. The molecule has 0 aliphatic heterocycles. The number of halogens is 1. The van der Waals surface area contributed by atoms with Crippen LogP contribution in [0.4, 0.5) is 4.79 Å². The molecule has 0 bridgehead atoms. The molecular formula is C24H25BrN2O5. The lowest BCUT2D eigenvalue weighted by molar-refractivity contribution is -0.142. The predicted molar refractivity (Wildman–Crippen MR) is 125 cm³/mol. The summed E-state index contributed by atoms with van der Waals surface area (Å²) in [5.41, 5.74) is 1.12.